The maximum absolute atomic E-state index is 12.8. The van der Waals surface area contributed by atoms with E-state index in [0.29, 0.717) is 19.3 Å². The molecule has 0 aromatic rings. The first kappa shape index (κ1) is 61.9. The fraction of sp³-hybridized carbons (Fsp3) is 0.746. The first-order valence-corrected chi connectivity index (χ1v) is 27.4. The smallest absolute Gasteiger partial charge is 0.306 e. The van der Waals surface area contributed by atoms with Crippen molar-refractivity contribution in [3.63, 3.8) is 0 Å². The number of hydrogen-bond donors (Lipinski definition) is 0. The van der Waals surface area contributed by atoms with Crippen molar-refractivity contribution < 1.29 is 28.6 Å². The molecule has 0 heterocycles. The Kier molecular flexibility index (Phi) is 50.9. The minimum absolute atomic E-state index is 0.0981. The summed E-state index contributed by atoms with van der Waals surface area (Å²) in [7, 11) is 0. The molecule has 0 radical (unpaired) electrons. The molecular formula is C59H102O6. The first-order valence-electron chi connectivity index (χ1n) is 27.4. The lowest BCUT2D eigenvalue weighted by molar-refractivity contribution is -0.167. The highest BCUT2D eigenvalue weighted by Gasteiger charge is 2.19. The zero-order valence-corrected chi connectivity index (χ0v) is 42.7. The molecule has 0 aliphatic rings. The molecule has 6 nitrogen and oxygen atoms in total. The molecule has 0 saturated heterocycles. The topological polar surface area (TPSA) is 78.9 Å². The lowest BCUT2D eigenvalue weighted by Crippen LogP contribution is -2.30. The van der Waals surface area contributed by atoms with Gasteiger partial charge in [-0.25, -0.2) is 0 Å². The highest BCUT2D eigenvalue weighted by Crippen LogP contribution is 2.14. The largest absolute Gasteiger partial charge is 0.462 e. The van der Waals surface area contributed by atoms with Crippen LogP contribution in [0.25, 0.3) is 0 Å². The van der Waals surface area contributed by atoms with Crippen LogP contribution in [0.4, 0.5) is 0 Å². The number of ether oxygens (including phenoxy) is 3. The third-order valence-electron chi connectivity index (χ3n) is 11.7. The van der Waals surface area contributed by atoms with Crippen molar-refractivity contribution in [2.75, 3.05) is 13.2 Å². The van der Waals surface area contributed by atoms with Crippen molar-refractivity contribution >= 4 is 17.9 Å². The van der Waals surface area contributed by atoms with Gasteiger partial charge in [-0.3, -0.25) is 14.4 Å². The number of carbonyl (C=O) groups excluding carboxylic acids is 3. The lowest BCUT2D eigenvalue weighted by atomic mass is 10.1. The number of carbonyl (C=O) groups is 3. The Morgan fingerprint density at radius 3 is 0.985 bits per heavy atom. The van der Waals surface area contributed by atoms with Crippen LogP contribution in [-0.4, -0.2) is 37.2 Å². The van der Waals surface area contributed by atoms with Gasteiger partial charge < -0.3 is 14.2 Å². The summed E-state index contributed by atoms with van der Waals surface area (Å²) in [6.45, 7) is 6.54. The zero-order chi connectivity index (χ0) is 47.2. The van der Waals surface area contributed by atoms with E-state index in [2.05, 4.69) is 93.7 Å². The quantitative estimate of drug-likeness (QED) is 0.0262. The van der Waals surface area contributed by atoms with E-state index in [-0.39, 0.29) is 37.5 Å². The molecule has 0 spiro atoms. The van der Waals surface area contributed by atoms with Crippen molar-refractivity contribution in [2.45, 2.75) is 271 Å². The van der Waals surface area contributed by atoms with Crippen molar-refractivity contribution in [3.8, 4) is 0 Å². The molecule has 0 fully saturated rings. The number of unbranched alkanes of at least 4 members (excludes halogenated alkanes) is 26. The Bertz CT molecular complexity index is 1230. The molecule has 1 atom stereocenters. The average molecular weight is 907 g/mol. The number of esters is 3. The summed E-state index contributed by atoms with van der Waals surface area (Å²) in [6.07, 6.45) is 67.4. The summed E-state index contributed by atoms with van der Waals surface area (Å²) in [5.74, 6) is -0.965. The van der Waals surface area contributed by atoms with Gasteiger partial charge in [-0.05, 0) is 109 Å². The number of allylic oxidation sites excluding steroid dienone is 12. The lowest BCUT2D eigenvalue weighted by Gasteiger charge is -2.18. The zero-order valence-electron chi connectivity index (χ0n) is 42.7. The summed E-state index contributed by atoms with van der Waals surface area (Å²) in [4.78, 5) is 38.0. The monoisotopic (exact) mass is 907 g/mol. The standard InChI is InChI=1S/C59H102O6/c1-4-7-10-13-16-19-22-25-27-29-31-34-37-40-43-46-49-52-58(61)64-55-56(54-63-57(60)51-48-45-42-39-36-33-24-21-18-15-12-9-6-3)65-59(62)53-50-47-44-41-38-35-32-30-28-26-23-20-17-14-11-8-5-2/h16,19,21,24-28,31,34,40,43,56H,4-15,17-18,20,22-23,29-30,32-33,35-39,41-42,44-55H2,1-3H3. The average Bonchev–Trinajstić information content (AvgIpc) is 3.30. The third-order valence-corrected chi connectivity index (χ3v) is 11.7. The van der Waals surface area contributed by atoms with E-state index in [4.69, 9.17) is 14.2 Å². The molecule has 0 aliphatic heterocycles. The SMILES string of the molecule is CCCCCC=CCC=CCC=CCC=CCCCC(=O)OCC(COC(=O)CCCCCCCC=CCCCCCC)OC(=O)CCCCCCCCCC=CCCCCCCCC. The molecule has 0 amide bonds. The number of hydrogen-bond acceptors (Lipinski definition) is 6. The maximum Gasteiger partial charge on any atom is 0.306 e. The molecule has 374 valence electrons. The van der Waals surface area contributed by atoms with Gasteiger partial charge in [0.1, 0.15) is 13.2 Å². The van der Waals surface area contributed by atoms with Crippen molar-refractivity contribution in [1.82, 2.24) is 0 Å². The highest BCUT2D eigenvalue weighted by atomic mass is 16.6. The van der Waals surface area contributed by atoms with E-state index in [1.807, 2.05) is 0 Å². The van der Waals surface area contributed by atoms with Crippen LogP contribution in [-0.2, 0) is 28.6 Å². The fourth-order valence-corrected chi connectivity index (χ4v) is 7.48. The van der Waals surface area contributed by atoms with Crippen LogP contribution in [0.1, 0.15) is 265 Å². The molecule has 0 N–H and O–H groups in total. The molecule has 0 aromatic carbocycles. The van der Waals surface area contributed by atoms with Gasteiger partial charge in [-0.2, -0.15) is 0 Å². The minimum atomic E-state index is -0.802. The van der Waals surface area contributed by atoms with Gasteiger partial charge >= 0.3 is 17.9 Å². The first-order chi connectivity index (χ1) is 32.0. The van der Waals surface area contributed by atoms with E-state index in [1.54, 1.807) is 0 Å². The van der Waals surface area contributed by atoms with Crippen molar-refractivity contribution in [2.24, 2.45) is 0 Å². The molecule has 0 saturated carbocycles. The Morgan fingerprint density at radius 1 is 0.308 bits per heavy atom. The van der Waals surface area contributed by atoms with E-state index in [0.717, 1.165) is 70.6 Å². The Balaban J connectivity index is 4.47. The van der Waals surface area contributed by atoms with Crippen LogP contribution in [0, 0.1) is 0 Å². The maximum atomic E-state index is 12.8. The molecular weight excluding hydrogens is 805 g/mol. The van der Waals surface area contributed by atoms with E-state index < -0.39 is 6.10 Å². The Morgan fingerprint density at radius 2 is 0.569 bits per heavy atom. The Labute approximate surface area is 402 Å². The van der Waals surface area contributed by atoms with Gasteiger partial charge in [0, 0.05) is 19.3 Å². The minimum Gasteiger partial charge on any atom is -0.462 e. The molecule has 0 rings (SSSR count). The van der Waals surface area contributed by atoms with Gasteiger partial charge in [0.2, 0.25) is 0 Å². The Hall–Kier alpha value is -3.15. The van der Waals surface area contributed by atoms with Crippen LogP contribution in [0.3, 0.4) is 0 Å². The van der Waals surface area contributed by atoms with Crippen molar-refractivity contribution in [1.29, 1.82) is 0 Å². The second kappa shape index (κ2) is 53.5. The number of rotatable bonds is 49. The summed E-state index contributed by atoms with van der Waals surface area (Å²) < 4.78 is 16.8. The molecule has 1 unspecified atom stereocenters. The van der Waals surface area contributed by atoms with Crippen LogP contribution in [0.2, 0.25) is 0 Å². The molecule has 6 heteroatoms. The normalized spacial score (nSPS) is 12.6. The van der Waals surface area contributed by atoms with Crippen LogP contribution in [0.15, 0.2) is 72.9 Å². The fourth-order valence-electron chi connectivity index (χ4n) is 7.48. The van der Waals surface area contributed by atoms with Crippen LogP contribution >= 0.6 is 0 Å². The summed E-state index contributed by atoms with van der Waals surface area (Å²) >= 11 is 0. The van der Waals surface area contributed by atoms with E-state index in [1.165, 1.54) is 148 Å². The van der Waals surface area contributed by atoms with Gasteiger partial charge in [-0.15, -0.1) is 0 Å². The molecule has 65 heavy (non-hydrogen) atoms. The summed E-state index contributed by atoms with van der Waals surface area (Å²) in [6, 6.07) is 0. The highest BCUT2D eigenvalue weighted by molar-refractivity contribution is 5.71. The van der Waals surface area contributed by atoms with Gasteiger partial charge in [0.05, 0.1) is 0 Å². The van der Waals surface area contributed by atoms with E-state index in [9.17, 15) is 14.4 Å². The second-order valence-electron chi connectivity index (χ2n) is 18.1. The summed E-state index contributed by atoms with van der Waals surface area (Å²) in [5.41, 5.74) is 0. The van der Waals surface area contributed by atoms with Gasteiger partial charge in [0.15, 0.2) is 6.10 Å². The predicted molar refractivity (Wildman–Crippen MR) is 279 cm³/mol. The predicted octanol–water partition coefficient (Wildman–Crippen LogP) is 18.2. The van der Waals surface area contributed by atoms with Gasteiger partial charge in [0.25, 0.3) is 0 Å². The van der Waals surface area contributed by atoms with Gasteiger partial charge in [-0.1, -0.05) is 209 Å². The molecule has 0 aromatic heterocycles. The summed E-state index contributed by atoms with van der Waals surface area (Å²) in [5, 5.41) is 0. The molecule has 0 bridgehead atoms. The van der Waals surface area contributed by atoms with E-state index >= 15 is 0 Å². The van der Waals surface area contributed by atoms with Crippen molar-refractivity contribution in [3.05, 3.63) is 72.9 Å². The third kappa shape index (κ3) is 51.7. The second-order valence-corrected chi connectivity index (χ2v) is 18.1. The molecule has 0 aliphatic carbocycles. The van der Waals surface area contributed by atoms with Crippen LogP contribution in [0.5, 0.6) is 0 Å². The van der Waals surface area contributed by atoms with Crippen LogP contribution < -0.4 is 0 Å².